The summed E-state index contributed by atoms with van der Waals surface area (Å²) in [5.41, 5.74) is 5.10. The summed E-state index contributed by atoms with van der Waals surface area (Å²) < 4.78 is 11.7. The van der Waals surface area contributed by atoms with Crippen molar-refractivity contribution in [3.05, 3.63) is 80.8 Å². The van der Waals surface area contributed by atoms with E-state index < -0.39 is 0 Å². The van der Waals surface area contributed by atoms with E-state index >= 15 is 0 Å². The van der Waals surface area contributed by atoms with Crippen molar-refractivity contribution in [3.8, 4) is 5.75 Å². The van der Waals surface area contributed by atoms with Crippen LogP contribution >= 0.6 is 11.3 Å². The molecular weight excluding hydrogens is 498 g/mol. The highest BCUT2D eigenvalue weighted by Gasteiger charge is 2.39. The Morgan fingerprint density at radius 3 is 2.87 bits per heavy atom. The van der Waals surface area contributed by atoms with Crippen LogP contribution in [0.3, 0.4) is 0 Å². The zero-order valence-corrected chi connectivity index (χ0v) is 22.5. The summed E-state index contributed by atoms with van der Waals surface area (Å²) >= 11 is 1.42. The molecule has 3 heterocycles. The van der Waals surface area contributed by atoms with E-state index in [1.165, 1.54) is 22.5 Å². The van der Waals surface area contributed by atoms with Crippen molar-refractivity contribution in [3.63, 3.8) is 0 Å². The van der Waals surface area contributed by atoms with Crippen molar-refractivity contribution in [2.45, 2.75) is 57.8 Å². The van der Waals surface area contributed by atoms with Crippen LogP contribution in [0.15, 0.2) is 47.8 Å². The predicted molar refractivity (Wildman–Crippen MR) is 145 cm³/mol. The minimum atomic E-state index is -0.182. The van der Waals surface area contributed by atoms with Gasteiger partial charge in [0.2, 0.25) is 5.91 Å². The first-order valence-electron chi connectivity index (χ1n) is 13.5. The minimum absolute atomic E-state index is 0.100. The Balaban J connectivity index is 1.17. The average molecular weight is 532 g/mol. The standard InChI is InChI=1S/C30H33N3O4S/c1-19-4-2-5-22(14-19)28-25-15-23(10-9-20(25)11-12-33(28)30(35)21-7-8-21)37-17-27-32-26(18-38-27)29(34)31-16-24-6-3-13-36-24/h2,4-5,9-10,14-15,18,21,24,28H,3,6-8,11-13,16-17H2,1H3,(H,31,34)/t24-,28-/m1/s1. The second-order valence-corrected chi connectivity index (χ2v) is 11.4. The van der Waals surface area contributed by atoms with Crippen LogP contribution in [0.2, 0.25) is 0 Å². The third-order valence-electron chi connectivity index (χ3n) is 7.57. The predicted octanol–water partition coefficient (Wildman–Crippen LogP) is 4.82. The maximum absolute atomic E-state index is 13.3. The van der Waals surface area contributed by atoms with E-state index in [-0.39, 0.29) is 36.5 Å². The third kappa shape index (κ3) is 5.47. The number of amides is 2. The first-order valence-corrected chi connectivity index (χ1v) is 14.4. The van der Waals surface area contributed by atoms with Crippen molar-refractivity contribution in [2.24, 2.45) is 5.92 Å². The first kappa shape index (κ1) is 25.1. The fourth-order valence-corrected chi connectivity index (χ4v) is 6.10. The lowest BCUT2D eigenvalue weighted by Crippen LogP contribution is -2.41. The van der Waals surface area contributed by atoms with Crippen LogP contribution < -0.4 is 10.1 Å². The number of nitrogens with one attached hydrogen (secondary N) is 1. The second-order valence-electron chi connectivity index (χ2n) is 10.5. The monoisotopic (exact) mass is 531 g/mol. The number of carbonyl (C=O) groups is 2. The molecule has 3 aliphatic rings. The third-order valence-corrected chi connectivity index (χ3v) is 8.40. The number of benzene rings is 2. The highest BCUT2D eigenvalue weighted by atomic mass is 32.1. The summed E-state index contributed by atoms with van der Waals surface area (Å²) in [5.74, 6) is 0.992. The Kier molecular flexibility index (Phi) is 7.17. The Labute approximate surface area is 227 Å². The van der Waals surface area contributed by atoms with Crippen LogP contribution in [0.25, 0.3) is 0 Å². The van der Waals surface area contributed by atoms with Gasteiger partial charge in [0.1, 0.15) is 23.1 Å². The van der Waals surface area contributed by atoms with Gasteiger partial charge in [-0.15, -0.1) is 11.3 Å². The highest BCUT2D eigenvalue weighted by Crippen LogP contribution is 2.41. The van der Waals surface area contributed by atoms with Crippen molar-refractivity contribution < 1.29 is 19.1 Å². The van der Waals surface area contributed by atoms with Gasteiger partial charge in [0.25, 0.3) is 5.91 Å². The number of carbonyl (C=O) groups excluding carboxylic acids is 2. The maximum Gasteiger partial charge on any atom is 0.270 e. The molecule has 3 aromatic rings. The van der Waals surface area contributed by atoms with Crippen molar-refractivity contribution in [1.29, 1.82) is 0 Å². The van der Waals surface area contributed by atoms with E-state index in [9.17, 15) is 9.59 Å². The fourth-order valence-electron chi connectivity index (χ4n) is 5.41. The van der Waals surface area contributed by atoms with E-state index in [4.69, 9.17) is 9.47 Å². The smallest absolute Gasteiger partial charge is 0.270 e. The van der Waals surface area contributed by atoms with Gasteiger partial charge in [-0.3, -0.25) is 9.59 Å². The maximum atomic E-state index is 13.3. The number of ether oxygens (including phenoxy) is 2. The minimum Gasteiger partial charge on any atom is -0.486 e. The van der Waals surface area contributed by atoms with E-state index in [0.717, 1.165) is 67.1 Å². The summed E-state index contributed by atoms with van der Waals surface area (Å²) in [7, 11) is 0. The molecule has 1 N–H and O–H groups in total. The second kappa shape index (κ2) is 10.9. The van der Waals surface area contributed by atoms with Crippen LogP contribution in [-0.2, 0) is 22.6 Å². The first-order chi connectivity index (χ1) is 18.5. The van der Waals surface area contributed by atoms with Gasteiger partial charge in [0.05, 0.1) is 12.1 Å². The van der Waals surface area contributed by atoms with Gasteiger partial charge in [-0.2, -0.15) is 0 Å². The molecule has 198 valence electrons. The molecule has 2 aromatic carbocycles. The molecule has 2 aliphatic heterocycles. The number of rotatable bonds is 8. The molecule has 7 nitrogen and oxygen atoms in total. The van der Waals surface area contributed by atoms with Gasteiger partial charge in [-0.25, -0.2) is 4.98 Å². The summed E-state index contributed by atoms with van der Waals surface area (Å²) in [5, 5.41) is 5.43. The number of nitrogens with zero attached hydrogens (tertiary/aromatic N) is 2. The molecule has 0 unspecified atom stereocenters. The molecule has 8 heteroatoms. The molecule has 0 spiro atoms. The molecule has 2 atom stereocenters. The van der Waals surface area contributed by atoms with Gasteiger partial charge < -0.3 is 19.7 Å². The summed E-state index contributed by atoms with van der Waals surface area (Å²) in [6, 6.07) is 14.5. The zero-order valence-electron chi connectivity index (χ0n) is 21.7. The van der Waals surface area contributed by atoms with Crippen molar-refractivity contribution in [2.75, 3.05) is 19.7 Å². The molecule has 6 rings (SSSR count). The van der Waals surface area contributed by atoms with Crippen LogP contribution in [0.4, 0.5) is 0 Å². The summed E-state index contributed by atoms with van der Waals surface area (Å²) in [6.07, 6.45) is 4.95. The average Bonchev–Trinajstić information content (AvgIpc) is 3.44. The highest BCUT2D eigenvalue weighted by molar-refractivity contribution is 7.09. The van der Waals surface area contributed by atoms with Crippen molar-refractivity contribution in [1.82, 2.24) is 15.2 Å². The van der Waals surface area contributed by atoms with Crippen LogP contribution in [0.5, 0.6) is 5.75 Å². The molecule has 1 aromatic heterocycles. The number of thiazole rings is 1. The van der Waals surface area contributed by atoms with Gasteiger partial charge in [-0.1, -0.05) is 35.9 Å². The number of aromatic nitrogens is 1. The molecule has 0 bridgehead atoms. The zero-order chi connectivity index (χ0) is 26.1. The fraction of sp³-hybridized carbons (Fsp3) is 0.433. The molecule has 1 saturated heterocycles. The number of hydrogen-bond acceptors (Lipinski definition) is 6. The molecule has 2 amide bonds. The Morgan fingerprint density at radius 1 is 1.18 bits per heavy atom. The van der Waals surface area contributed by atoms with Crippen molar-refractivity contribution >= 4 is 23.2 Å². The molecule has 2 fully saturated rings. The van der Waals surface area contributed by atoms with Gasteiger partial charge >= 0.3 is 0 Å². The molecule has 38 heavy (non-hydrogen) atoms. The van der Waals surface area contributed by atoms with Crippen LogP contribution in [-0.4, -0.2) is 47.5 Å². The van der Waals surface area contributed by atoms with Gasteiger partial charge in [0, 0.05) is 31.0 Å². The van der Waals surface area contributed by atoms with E-state index in [0.29, 0.717) is 12.2 Å². The lowest BCUT2D eigenvalue weighted by molar-refractivity contribution is -0.134. The number of fused-ring (bicyclic) bond motifs is 1. The topological polar surface area (TPSA) is 80.8 Å². The lowest BCUT2D eigenvalue weighted by atomic mass is 9.87. The molecule has 1 saturated carbocycles. The Hall–Kier alpha value is -3.23. The quantitative estimate of drug-likeness (QED) is 0.451. The normalized spacial score (nSPS) is 20.7. The number of aryl methyl sites for hydroxylation is 1. The molecule has 1 aliphatic carbocycles. The van der Waals surface area contributed by atoms with E-state index in [1.807, 2.05) is 6.07 Å². The van der Waals surface area contributed by atoms with Crippen LogP contribution in [0, 0.1) is 12.8 Å². The Bertz CT molecular complexity index is 1330. The SMILES string of the molecule is Cc1cccc([C@@H]2c3cc(OCc4nc(C(=O)NC[C@H]5CCCO5)cs4)ccc3CCN2C(=O)C2CC2)c1. The summed E-state index contributed by atoms with van der Waals surface area (Å²) in [4.78, 5) is 32.3. The van der Waals surface area contributed by atoms with Gasteiger partial charge in [-0.05, 0) is 67.9 Å². The largest absolute Gasteiger partial charge is 0.486 e. The number of hydrogen-bond donors (Lipinski definition) is 1. The molecular formula is C30H33N3O4S. The molecule has 0 radical (unpaired) electrons. The van der Waals surface area contributed by atoms with E-state index in [2.05, 4.69) is 58.5 Å². The Morgan fingerprint density at radius 2 is 2.08 bits per heavy atom. The van der Waals surface area contributed by atoms with E-state index in [1.54, 1.807) is 5.38 Å². The summed E-state index contributed by atoms with van der Waals surface area (Å²) in [6.45, 7) is 4.38. The van der Waals surface area contributed by atoms with Crippen LogP contribution in [0.1, 0.15) is 69.5 Å². The van der Waals surface area contributed by atoms with Gasteiger partial charge in [0.15, 0.2) is 0 Å². The lowest BCUT2D eigenvalue weighted by Gasteiger charge is -2.38.